The molecule has 2 aromatic heterocycles. The zero-order valence-corrected chi connectivity index (χ0v) is 12.7. The van der Waals surface area contributed by atoms with Crippen molar-refractivity contribution >= 4 is 0 Å². The van der Waals surface area contributed by atoms with E-state index in [9.17, 15) is 0 Å². The molecule has 3 rings (SSSR count). The Morgan fingerprint density at radius 1 is 1.43 bits per heavy atom. The van der Waals surface area contributed by atoms with Crippen molar-refractivity contribution in [1.29, 1.82) is 0 Å². The van der Waals surface area contributed by atoms with Gasteiger partial charge in [-0.3, -0.25) is 15.0 Å². The molecule has 5 heteroatoms. The summed E-state index contributed by atoms with van der Waals surface area (Å²) >= 11 is 0. The van der Waals surface area contributed by atoms with E-state index in [0.29, 0.717) is 12.0 Å². The van der Waals surface area contributed by atoms with Crippen molar-refractivity contribution in [1.82, 2.24) is 25.4 Å². The molecule has 0 saturated carbocycles. The van der Waals surface area contributed by atoms with Crippen LogP contribution in [0, 0.1) is 12.8 Å². The molecular weight excluding hydrogens is 262 g/mol. The van der Waals surface area contributed by atoms with Gasteiger partial charge < -0.3 is 5.32 Å². The lowest BCUT2D eigenvalue weighted by Crippen LogP contribution is -2.28. The third-order valence-electron chi connectivity index (χ3n) is 4.46. The Balaban J connectivity index is 1.60. The third kappa shape index (κ3) is 3.14. The Morgan fingerprint density at radius 2 is 2.33 bits per heavy atom. The number of nitrogens with zero attached hydrogens (tertiary/aromatic N) is 3. The molecule has 2 N–H and O–H groups in total. The molecule has 0 aromatic carbocycles. The number of aryl methyl sites for hydroxylation is 1. The van der Waals surface area contributed by atoms with Crippen molar-refractivity contribution in [3.8, 4) is 0 Å². The highest BCUT2D eigenvalue weighted by Crippen LogP contribution is 2.35. The number of hydrogen-bond donors (Lipinski definition) is 2. The topological polar surface area (TPSA) is 56.8 Å². The van der Waals surface area contributed by atoms with Gasteiger partial charge in [-0.2, -0.15) is 5.10 Å². The largest absolute Gasteiger partial charge is 0.312 e. The standard InChI is InChI=1S/C16H23N5/c1-12-15(11-19-20-12)10-18-9-14-5-7-21(2)16(14)13-4-3-6-17-8-13/h3-4,6,8,11,14,16,18H,5,7,9-10H2,1-2H3,(H,19,20)/t14-,16-/m0/s1. The quantitative estimate of drug-likeness (QED) is 0.881. The molecule has 1 aliphatic heterocycles. The van der Waals surface area contributed by atoms with E-state index < -0.39 is 0 Å². The Bertz CT molecular complexity index is 565. The fraction of sp³-hybridized carbons (Fsp3) is 0.500. The summed E-state index contributed by atoms with van der Waals surface area (Å²) in [6, 6.07) is 4.68. The number of likely N-dealkylation sites (tertiary alicyclic amines) is 1. The first-order valence-electron chi connectivity index (χ1n) is 7.55. The molecule has 0 spiro atoms. The molecule has 0 unspecified atom stereocenters. The molecule has 0 aliphatic carbocycles. The smallest absolute Gasteiger partial charge is 0.0535 e. The lowest BCUT2D eigenvalue weighted by molar-refractivity contribution is 0.271. The average molecular weight is 285 g/mol. The molecule has 1 aliphatic rings. The van der Waals surface area contributed by atoms with E-state index in [1.54, 1.807) is 0 Å². The highest BCUT2D eigenvalue weighted by molar-refractivity contribution is 5.17. The van der Waals surface area contributed by atoms with Crippen molar-refractivity contribution in [2.45, 2.75) is 25.9 Å². The molecule has 112 valence electrons. The highest BCUT2D eigenvalue weighted by Gasteiger charge is 2.32. The Hall–Kier alpha value is -1.72. The number of aromatic amines is 1. The zero-order valence-electron chi connectivity index (χ0n) is 12.7. The van der Waals surface area contributed by atoms with Crippen molar-refractivity contribution in [3.05, 3.63) is 47.5 Å². The van der Waals surface area contributed by atoms with Crippen LogP contribution in [0.15, 0.2) is 30.7 Å². The number of H-pyrrole nitrogens is 1. The molecule has 21 heavy (non-hydrogen) atoms. The molecule has 2 atom stereocenters. The van der Waals surface area contributed by atoms with Gasteiger partial charge >= 0.3 is 0 Å². The minimum Gasteiger partial charge on any atom is -0.312 e. The van der Waals surface area contributed by atoms with Gasteiger partial charge in [-0.1, -0.05) is 6.07 Å². The minimum atomic E-state index is 0.469. The molecule has 1 saturated heterocycles. The van der Waals surface area contributed by atoms with E-state index in [-0.39, 0.29) is 0 Å². The Kier molecular flexibility index (Phi) is 4.31. The van der Waals surface area contributed by atoms with E-state index >= 15 is 0 Å². The van der Waals surface area contributed by atoms with Crippen LogP contribution in [0.5, 0.6) is 0 Å². The monoisotopic (exact) mass is 285 g/mol. The molecule has 1 fully saturated rings. The second-order valence-electron chi connectivity index (χ2n) is 5.91. The molecule has 2 aromatic rings. The fourth-order valence-electron chi connectivity index (χ4n) is 3.26. The van der Waals surface area contributed by atoms with E-state index in [0.717, 1.165) is 25.3 Å². The van der Waals surface area contributed by atoms with Crippen LogP contribution in [0.4, 0.5) is 0 Å². The van der Waals surface area contributed by atoms with Gasteiger partial charge in [-0.05, 0) is 44.5 Å². The molecule has 0 radical (unpaired) electrons. The van der Waals surface area contributed by atoms with E-state index in [4.69, 9.17) is 0 Å². The van der Waals surface area contributed by atoms with Crippen LogP contribution in [-0.2, 0) is 6.54 Å². The van der Waals surface area contributed by atoms with Crippen LogP contribution in [0.3, 0.4) is 0 Å². The van der Waals surface area contributed by atoms with Crippen LogP contribution in [0.2, 0.25) is 0 Å². The molecular formula is C16H23N5. The van der Waals surface area contributed by atoms with Gasteiger partial charge in [-0.25, -0.2) is 0 Å². The van der Waals surface area contributed by atoms with Gasteiger partial charge in [0.05, 0.1) is 6.20 Å². The van der Waals surface area contributed by atoms with Gasteiger partial charge in [0.15, 0.2) is 0 Å². The first-order chi connectivity index (χ1) is 10.3. The second kappa shape index (κ2) is 6.37. The maximum atomic E-state index is 4.27. The van der Waals surface area contributed by atoms with Crippen molar-refractivity contribution < 1.29 is 0 Å². The number of pyridine rings is 1. The summed E-state index contributed by atoms with van der Waals surface area (Å²) in [7, 11) is 2.21. The first kappa shape index (κ1) is 14.2. The van der Waals surface area contributed by atoms with Gasteiger partial charge in [-0.15, -0.1) is 0 Å². The van der Waals surface area contributed by atoms with Crippen LogP contribution in [0.1, 0.15) is 29.3 Å². The maximum Gasteiger partial charge on any atom is 0.0535 e. The number of nitrogens with one attached hydrogen (secondary N) is 2. The summed E-state index contributed by atoms with van der Waals surface area (Å²) in [5, 5.41) is 10.6. The Labute approximate surface area is 125 Å². The lowest BCUT2D eigenvalue weighted by Gasteiger charge is -2.25. The van der Waals surface area contributed by atoms with Crippen LogP contribution < -0.4 is 5.32 Å². The highest BCUT2D eigenvalue weighted by atomic mass is 15.2. The van der Waals surface area contributed by atoms with Crippen LogP contribution >= 0.6 is 0 Å². The van der Waals surface area contributed by atoms with Gasteiger partial charge in [0, 0.05) is 42.8 Å². The molecule has 0 bridgehead atoms. The van der Waals surface area contributed by atoms with Crippen LogP contribution in [-0.4, -0.2) is 40.2 Å². The number of rotatable bonds is 5. The normalized spacial score (nSPS) is 22.8. The van der Waals surface area contributed by atoms with Crippen molar-refractivity contribution in [2.24, 2.45) is 5.92 Å². The summed E-state index contributed by atoms with van der Waals surface area (Å²) in [6.07, 6.45) is 6.97. The number of hydrogen-bond acceptors (Lipinski definition) is 4. The molecule has 3 heterocycles. The number of aromatic nitrogens is 3. The predicted octanol–water partition coefficient (Wildman–Crippen LogP) is 1.90. The van der Waals surface area contributed by atoms with Gasteiger partial charge in [0.2, 0.25) is 0 Å². The average Bonchev–Trinajstić information content (AvgIpc) is 3.07. The maximum absolute atomic E-state index is 4.27. The SMILES string of the molecule is Cc1[nH]ncc1CNC[C@@H]1CCN(C)[C@H]1c1cccnc1. The van der Waals surface area contributed by atoms with Crippen molar-refractivity contribution in [2.75, 3.05) is 20.1 Å². The van der Waals surface area contributed by atoms with E-state index in [2.05, 4.69) is 45.4 Å². The minimum absolute atomic E-state index is 0.469. The van der Waals surface area contributed by atoms with Gasteiger partial charge in [0.1, 0.15) is 0 Å². The first-order valence-corrected chi connectivity index (χ1v) is 7.55. The Morgan fingerprint density at radius 3 is 3.05 bits per heavy atom. The third-order valence-corrected chi connectivity index (χ3v) is 4.46. The summed E-state index contributed by atoms with van der Waals surface area (Å²) in [5.41, 5.74) is 3.72. The van der Waals surface area contributed by atoms with Crippen molar-refractivity contribution in [3.63, 3.8) is 0 Å². The summed E-state index contributed by atoms with van der Waals surface area (Å²) in [4.78, 5) is 6.71. The summed E-state index contributed by atoms with van der Waals surface area (Å²) in [5.74, 6) is 0.631. The van der Waals surface area contributed by atoms with Crippen LogP contribution in [0.25, 0.3) is 0 Å². The van der Waals surface area contributed by atoms with Gasteiger partial charge in [0.25, 0.3) is 0 Å². The van der Waals surface area contributed by atoms with E-state index in [1.165, 1.54) is 17.5 Å². The fourth-order valence-corrected chi connectivity index (χ4v) is 3.26. The summed E-state index contributed by atoms with van der Waals surface area (Å²) in [6.45, 7) is 5.11. The predicted molar refractivity (Wildman–Crippen MR) is 82.7 cm³/mol. The molecule has 5 nitrogen and oxygen atoms in total. The zero-order chi connectivity index (χ0) is 14.7. The molecule has 0 amide bonds. The summed E-state index contributed by atoms with van der Waals surface area (Å²) < 4.78 is 0. The lowest BCUT2D eigenvalue weighted by atomic mass is 9.94. The van der Waals surface area contributed by atoms with E-state index in [1.807, 2.05) is 24.7 Å². The second-order valence-corrected chi connectivity index (χ2v) is 5.91.